The van der Waals surface area contributed by atoms with Crippen molar-refractivity contribution in [1.82, 2.24) is 0 Å². The molecular weight excluding hydrogens is 260 g/mol. The van der Waals surface area contributed by atoms with E-state index < -0.39 is 0 Å². The maximum absolute atomic E-state index is 4.25. The summed E-state index contributed by atoms with van der Waals surface area (Å²) in [5.41, 5.74) is 0. The first-order chi connectivity index (χ1) is 9.91. The molecular formula is C19H40S. The van der Waals surface area contributed by atoms with Gasteiger partial charge in [0.25, 0.3) is 0 Å². The fourth-order valence-corrected chi connectivity index (χ4v) is 3.06. The Morgan fingerprint density at radius 3 is 0.900 bits per heavy atom. The van der Waals surface area contributed by atoms with Crippen molar-refractivity contribution in [3.63, 3.8) is 0 Å². The van der Waals surface area contributed by atoms with Crippen molar-refractivity contribution >= 4 is 12.6 Å². The Labute approximate surface area is 134 Å². The van der Waals surface area contributed by atoms with Gasteiger partial charge in [-0.25, -0.2) is 0 Å². The molecule has 0 N–H and O–H groups in total. The smallest absolute Gasteiger partial charge is 0.00979 e. The van der Waals surface area contributed by atoms with E-state index >= 15 is 0 Å². The quantitative estimate of drug-likeness (QED) is 0.208. The Morgan fingerprint density at radius 2 is 0.650 bits per heavy atom. The van der Waals surface area contributed by atoms with Gasteiger partial charge in [-0.1, -0.05) is 110 Å². The van der Waals surface area contributed by atoms with Crippen LogP contribution in [0.1, 0.15) is 116 Å². The summed E-state index contributed by atoms with van der Waals surface area (Å²) >= 11 is 4.25. The molecule has 0 unspecified atom stereocenters. The third kappa shape index (κ3) is 18.4. The van der Waals surface area contributed by atoms with Crippen LogP contribution in [0.2, 0.25) is 0 Å². The Morgan fingerprint density at radius 1 is 0.400 bits per heavy atom. The molecule has 0 aliphatic heterocycles. The Balaban J connectivity index is 2.89. The summed E-state index contributed by atoms with van der Waals surface area (Å²) in [6.07, 6.45) is 24.6. The van der Waals surface area contributed by atoms with E-state index in [9.17, 15) is 0 Å². The van der Waals surface area contributed by atoms with Crippen LogP contribution in [0.5, 0.6) is 0 Å². The number of hydrogen-bond acceptors (Lipinski definition) is 1. The molecule has 0 aliphatic rings. The van der Waals surface area contributed by atoms with E-state index in [2.05, 4.69) is 19.6 Å². The summed E-state index contributed by atoms with van der Waals surface area (Å²) in [6, 6.07) is 0. The third-order valence-corrected chi connectivity index (χ3v) is 4.58. The monoisotopic (exact) mass is 300 g/mol. The third-order valence-electron chi connectivity index (χ3n) is 4.26. The first-order valence-corrected chi connectivity index (χ1v) is 10.2. The van der Waals surface area contributed by atoms with Crippen molar-refractivity contribution in [2.24, 2.45) is 0 Å². The van der Waals surface area contributed by atoms with Crippen LogP contribution in [-0.4, -0.2) is 5.75 Å². The van der Waals surface area contributed by atoms with Crippen LogP contribution in [0.3, 0.4) is 0 Å². The van der Waals surface area contributed by atoms with Gasteiger partial charge in [0, 0.05) is 0 Å². The highest BCUT2D eigenvalue weighted by Gasteiger charge is 1.94. The van der Waals surface area contributed by atoms with Crippen LogP contribution >= 0.6 is 12.6 Å². The van der Waals surface area contributed by atoms with Gasteiger partial charge >= 0.3 is 0 Å². The average molecular weight is 301 g/mol. The van der Waals surface area contributed by atoms with Gasteiger partial charge in [-0.2, -0.15) is 12.6 Å². The van der Waals surface area contributed by atoms with Crippen LogP contribution in [0.4, 0.5) is 0 Å². The van der Waals surface area contributed by atoms with Crippen LogP contribution in [-0.2, 0) is 0 Å². The SMILES string of the molecule is CCCCCCCCCCCCCCCCCCCS. The summed E-state index contributed by atoms with van der Waals surface area (Å²) in [4.78, 5) is 0. The molecule has 0 aromatic heterocycles. The molecule has 0 radical (unpaired) electrons. The molecule has 0 rings (SSSR count). The van der Waals surface area contributed by atoms with E-state index in [0.29, 0.717) is 0 Å². The predicted molar refractivity (Wildman–Crippen MR) is 98.0 cm³/mol. The lowest BCUT2D eigenvalue weighted by molar-refractivity contribution is 0.529. The Kier molecular flexibility index (Phi) is 19.7. The van der Waals surface area contributed by atoms with E-state index in [1.54, 1.807) is 0 Å². The molecule has 0 fully saturated rings. The second kappa shape index (κ2) is 19.4. The van der Waals surface area contributed by atoms with E-state index in [0.717, 1.165) is 5.75 Å². The highest BCUT2D eigenvalue weighted by atomic mass is 32.1. The number of rotatable bonds is 17. The molecule has 0 aromatic carbocycles. The standard InChI is InChI=1S/C19H40S/c1-2-3-4-5-6-7-8-9-10-11-12-13-14-15-16-17-18-19-20/h20H,2-19H2,1H3. The highest BCUT2D eigenvalue weighted by Crippen LogP contribution is 2.13. The molecule has 0 saturated heterocycles. The van der Waals surface area contributed by atoms with Gasteiger partial charge in [0.1, 0.15) is 0 Å². The van der Waals surface area contributed by atoms with Crippen LogP contribution in [0.25, 0.3) is 0 Å². The first-order valence-electron chi connectivity index (χ1n) is 9.52. The zero-order chi connectivity index (χ0) is 14.7. The second-order valence-corrected chi connectivity index (χ2v) is 6.83. The summed E-state index contributed by atoms with van der Waals surface area (Å²) in [5, 5.41) is 0. The summed E-state index contributed by atoms with van der Waals surface area (Å²) in [6.45, 7) is 2.29. The first kappa shape index (κ1) is 20.3. The lowest BCUT2D eigenvalue weighted by Crippen LogP contribution is -1.84. The lowest BCUT2D eigenvalue weighted by Gasteiger charge is -2.03. The van der Waals surface area contributed by atoms with Crippen LogP contribution < -0.4 is 0 Å². The second-order valence-electron chi connectivity index (χ2n) is 6.38. The molecule has 0 spiro atoms. The van der Waals surface area contributed by atoms with Crippen LogP contribution in [0, 0.1) is 0 Å². The molecule has 0 aliphatic carbocycles. The van der Waals surface area contributed by atoms with E-state index in [1.165, 1.54) is 109 Å². The summed E-state index contributed by atoms with van der Waals surface area (Å²) in [5.74, 6) is 1.07. The van der Waals surface area contributed by atoms with Gasteiger partial charge in [-0.05, 0) is 12.2 Å². The maximum Gasteiger partial charge on any atom is -0.00979 e. The molecule has 0 nitrogen and oxygen atoms in total. The average Bonchev–Trinajstić information content (AvgIpc) is 2.47. The predicted octanol–water partition coefficient (Wildman–Crippen LogP) is 7.57. The molecule has 20 heavy (non-hydrogen) atoms. The normalized spacial score (nSPS) is 11.1. The highest BCUT2D eigenvalue weighted by molar-refractivity contribution is 7.80. The van der Waals surface area contributed by atoms with Gasteiger partial charge in [0.05, 0.1) is 0 Å². The minimum absolute atomic E-state index is 1.07. The molecule has 0 amide bonds. The largest absolute Gasteiger partial charge is 0.179 e. The van der Waals surface area contributed by atoms with E-state index in [4.69, 9.17) is 0 Å². The van der Waals surface area contributed by atoms with Gasteiger partial charge < -0.3 is 0 Å². The summed E-state index contributed by atoms with van der Waals surface area (Å²) in [7, 11) is 0. The van der Waals surface area contributed by atoms with Crippen molar-refractivity contribution in [3.05, 3.63) is 0 Å². The minimum Gasteiger partial charge on any atom is -0.179 e. The molecule has 0 atom stereocenters. The minimum atomic E-state index is 1.07. The fraction of sp³-hybridized carbons (Fsp3) is 1.00. The number of thiol groups is 1. The van der Waals surface area contributed by atoms with Crippen molar-refractivity contribution in [3.8, 4) is 0 Å². The van der Waals surface area contributed by atoms with Gasteiger partial charge in [0.2, 0.25) is 0 Å². The Bertz CT molecular complexity index is 138. The number of hydrogen-bond donors (Lipinski definition) is 1. The maximum atomic E-state index is 4.25. The topological polar surface area (TPSA) is 0 Å². The number of unbranched alkanes of at least 4 members (excludes halogenated alkanes) is 16. The van der Waals surface area contributed by atoms with E-state index in [-0.39, 0.29) is 0 Å². The van der Waals surface area contributed by atoms with E-state index in [1.807, 2.05) is 0 Å². The Hall–Kier alpha value is 0.350. The van der Waals surface area contributed by atoms with Crippen molar-refractivity contribution in [2.75, 3.05) is 5.75 Å². The molecule has 1 heteroatoms. The summed E-state index contributed by atoms with van der Waals surface area (Å²) < 4.78 is 0. The zero-order valence-corrected chi connectivity index (χ0v) is 15.1. The van der Waals surface area contributed by atoms with Gasteiger partial charge in [-0.3, -0.25) is 0 Å². The molecule has 0 aromatic rings. The molecule has 0 saturated carbocycles. The van der Waals surface area contributed by atoms with Crippen molar-refractivity contribution < 1.29 is 0 Å². The van der Waals surface area contributed by atoms with Gasteiger partial charge in [-0.15, -0.1) is 0 Å². The van der Waals surface area contributed by atoms with Crippen molar-refractivity contribution in [2.45, 2.75) is 116 Å². The lowest BCUT2D eigenvalue weighted by atomic mass is 10.0. The van der Waals surface area contributed by atoms with Gasteiger partial charge in [0.15, 0.2) is 0 Å². The molecule has 122 valence electrons. The molecule has 0 heterocycles. The molecule has 0 bridgehead atoms. The van der Waals surface area contributed by atoms with Crippen molar-refractivity contribution in [1.29, 1.82) is 0 Å². The zero-order valence-electron chi connectivity index (χ0n) is 14.2. The van der Waals surface area contributed by atoms with Crippen LogP contribution in [0.15, 0.2) is 0 Å². The fourth-order valence-electron chi connectivity index (χ4n) is 2.84.